The maximum Gasteiger partial charge on any atom is 0.234 e. The summed E-state index contributed by atoms with van der Waals surface area (Å²) in [5, 5.41) is 2.50. The van der Waals surface area contributed by atoms with E-state index in [2.05, 4.69) is 5.32 Å². The lowest BCUT2D eigenvalue weighted by molar-refractivity contribution is -0.119. The molecule has 0 heterocycles. The quantitative estimate of drug-likeness (QED) is 0.445. The zero-order chi connectivity index (χ0) is 8.85. The largest absolute Gasteiger partial charge is 0.368 e. The minimum atomic E-state index is -2.48. The molecule has 3 N–H and O–H groups in total. The molecule has 0 fully saturated rings. The fourth-order valence-electron chi connectivity index (χ4n) is 0.631. The Morgan fingerprint density at radius 2 is 2.18 bits per heavy atom. The van der Waals surface area contributed by atoms with Crippen LogP contribution in [-0.4, -0.2) is 26.2 Å². The van der Waals surface area contributed by atoms with Gasteiger partial charge in [0.15, 0.2) is 10.7 Å². The van der Waals surface area contributed by atoms with Gasteiger partial charge >= 0.3 is 0 Å². The molecule has 1 atom stereocenters. The number of rotatable bonds is 5. The molecule has 1 amide bonds. The molecule has 0 aromatic heterocycles. The normalized spacial score (nSPS) is 13.3. The SMILES string of the molecule is CCC(NC[SH](=O)=O)C(N)=O. The highest BCUT2D eigenvalue weighted by Crippen LogP contribution is 1.87. The number of carbonyl (C=O) groups is 1. The average molecular weight is 180 g/mol. The first kappa shape index (κ1) is 10.4. The molecule has 0 rings (SSSR count). The van der Waals surface area contributed by atoms with Crippen molar-refractivity contribution in [2.45, 2.75) is 19.4 Å². The van der Waals surface area contributed by atoms with Gasteiger partial charge in [-0.25, -0.2) is 8.42 Å². The summed E-state index contributed by atoms with van der Waals surface area (Å²) in [6, 6.07) is -0.539. The second-order valence-electron chi connectivity index (χ2n) is 2.06. The predicted molar refractivity (Wildman–Crippen MR) is 41.6 cm³/mol. The number of nitrogens with one attached hydrogen (secondary N) is 1. The van der Waals surface area contributed by atoms with Gasteiger partial charge in [0.2, 0.25) is 5.91 Å². The topological polar surface area (TPSA) is 89.3 Å². The fourth-order valence-corrected chi connectivity index (χ4v) is 1.00. The van der Waals surface area contributed by atoms with Crippen LogP contribution < -0.4 is 11.1 Å². The van der Waals surface area contributed by atoms with E-state index in [4.69, 9.17) is 5.73 Å². The molecule has 66 valence electrons. The van der Waals surface area contributed by atoms with Crippen LogP contribution in [0.25, 0.3) is 0 Å². The van der Waals surface area contributed by atoms with Crippen molar-refractivity contribution in [3.8, 4) is 0 Å². The average Bonchev–Trinajstić information content (AvgIpc) is 1.87. The number of thiol groups is 1. The Labute approximate surface area is 66.9 Å². The van der Waals surface area contributed by atoms with Gasteiger partial charge in [-0.3, -0.25) is 10.1 Å². The lowest BCUT2D eigenvalue weighted by Gasteiger charge is -2.09. The van der Waals surface area contributed by atoms with Crippen LogP contribution in [0.2, 0.25) is 0 Å². The summed E-state index contributed by atoms with van der Waals surface area (Å²) in [6.07, 6.45) is 0.499. The van der Waals surface area contributed by atoms with E-state index in [1.165, 1.54) is 0 Å². The van der Waals surface area contributed by atoms with Gasteiger partial charge in [-0.2, -0.15) is 0 Å². The van der Waals surface area contributed by atoms with Crippen molar-refractivity contribution in [2.75, 3.05) is 5.88 Å². The van der Waals surface area contributed by atoms with Gasteiger partial charge < -0.3 is 5.73 Å². The van der Waals surface area contributed by atoms with E-state index in [1.54, 1.807) is 6.92 Å². The lowest BCUT2D eigenvalue weighted by Crippen LogP contribution is -2.41. The number of primary amides is 1. The Morgan fingerprint density at radius 1 is 1.64 bits per heavy atom. The van der Waals surface area contributed by atoms with Crippen LogP contribution in [0.4, 0.5) is 0 Å². The van der Waals surface area contributed by atoms with Crippen LogP contribution in [-0.2, 0) is 15.5 Å². The number of hydrogen-bond acceptors (Lipinski definition) is 4. The van der Waals surface area contributed by atoms with E-state index in [0.29, 0.717) is 6.42 Å². The highest BCUT2D eigenvalue weighted by atomic mass is 32.2. The Morgan fingerprint density at radius 3 is 2.45 bits per heavy atom. The van der Waals surface area contributed by atoms with Crippen molar-refractivity contribution < 1.29 is 13.2 Å². The van der Waals surface area contributed by atoms with Crippen molar-refractivity contribution in [1.82, 2.24) is 5.32 Å². The Bertz CT molecular complexity index is 194. The molecule has 0 aromatic carbocycles. The molecular weight excluding hydrogens is 168 g/mol. The van der Waals surface area contributed by atoms with E-state index in [-0.39, 0.29) is 5.88 Å². The third kappa shape index (κ3) is 4.74. The molecule has 0 saturated heterocycles. The zero-order valence-electron chi connectivity index (χ0n) is 6.24. The Balaban J connectivity index is 3.79. The Hall–Kier alpha value is -0.620. The van der Waals surface area contributed by atoms with E-state index >= 15 is 0 Å². The van der Waals surface area contributed by atoms with Crippen LogP contribution in [0.1, 0.15) is 13.3 Å². The summed E-state index contributed by atoms with van der Waals surface area (Å²) in [6.45, 7) is 1.75. The molecule has 0 spiro atoms. The summed E-state index contributed by atoms with van der Waals surface area (Å²) in [7, 11) is -2.48. The molecule has 1 unspecified atom stereocenters. The van der Waals surface area contributed by atoms with Gasteiger partial charge in [-0.1, -0.05) is 6.92 Å². The molecule has 0 aromatic rings. The summed E-state index contributed by atoms with van der Waals surface area (Å²) in [5.41, 5.74) is 4.94. The third-order valence-electron chi connectivity index (χ3n) is 1.22. The molecule has 5 nitrogen and oxygen atoms in total. The minimum absolute atomic E-state index is 0.198. The van der Waals surface area contributed by atoms with Crippen LogP contribution in [0.5, 0.6) is 0 Å². The fraction of sp³-hybridized carbons (Fsp3) is 0.800. The highest BCUT2D eigenvalue weighted by molar-refractivity contribution is 7.72. The van der Waals surface area contributed by atoms with Crippen LogP contribution in [0, 0.1) is 0 Å². The molecule has 0 saturated carbocycles. The van der Waals surface area contributed by atoms with Gasteiger partial charge in [0, 0.05) is 0 Å². The first-order valence-electron chi connectivity index (χ1n) is 3.22. The molecule has 0 radical (unpaired) electrons. The van der Waals surface area contributed by atoms with Crippen LogP contribution >= 0.6 is 0 Å². The highest BCUT2D eigenvalue weighted by Gasteiger charge is 2.10. The summed E-state index contributed by atoms with van der Waals surface area (Å²) in [4.78, 5) is 10.5. The number of carbonyl (C=O) groups excluding carboxylic acids is 1. The van der Waals surface area contributed by atoms with E-state index in [9.17, 15) is 13.2 Å². The van der Waals surface area contributed by atoms with Gasteiger partial charge in [-0.15, -0.1) is 0 Å². The molecule has 0 aliphatic carbocycles. The van der Waals surface area contributed by atoms with E-state index in [0.717, 1.165) is 0 Å². The monoisotopic (exact) mass is 180 g/mol. The van der Waals surface area contributed by atoms with Crippen molar-refractivity contribution in [1.29, 1.82) is 0 Å². The van der Waals surface area contributed by atoms with Crippen LogP contribution in [0.15, 0.2) is 0 Å². The van der Waals surface area contributed by atoms with Gasteiger partial charge in [0.05, 0.1) is 11.9 Å². The number of nitrogens with two attached hydrogens (primary N) is 1. The molecular formula is C5H12N2O3S. The second kappa shape index (κ2) is 5.09. The smallest absolute Gasteiger partial charge is 0.234 e. The minimum Gasteiger partial charge on any atom is -0.368 e. The molecule has 6 heteroatoms. The molecule has 11 heavy (non-hydrogen) atoms. The van der Waals surface area contributed by atoms with Gasteiger partial charge in [0.1, 0.15) is 0 Å². The maximum absolute atomic E-state index is 10.5. The summed E-state index contributed by atoms with van der Waals surface area (Å²) in [5.74, 6) is -0.721. The second-order valence-corrected chi connectivity index (χ2v) is 3.04. The number of amides is 1. The van der Waals surface area contributed by atoms with Gasteiger partial charge in [-0.05, 0) is 6.42 Å². The molecule has 0 aliphatic heterocycles. The van der Waals surface area contributed by atoms with Crippen molar-refractivity contribution >= 4 is 16.6 Å². The third-order valence-corrected chi connectivity index (χ3v) is 1.66. The number of hydrogen-bond donors (Lipinski definition) is 3. The van der Waals surface area contributed by atoms with Crippen molar-refractivity contribution in [3.05, 3.63) is 0 Å². The lowest BCUT2D eigenvalue weighted by atomic mass is 10.2. The summed E-state index contributed by atoms with van der Waals surface area (Å²) >= 11 is 0. The van der Waals surface area contributed by atoms with E-state index < -0.39 is 22.7 Å². The van der Waals surface area contributed by atoms with Crippen molar-refractivity contribution in [2.24, 2.45) is 5.73 Å². The van der Waals surface area contributed by atoms with Gasteiger partial charge in [0.25, 0.3) is 0 Å². The first-order chi connectivity index (χ1) is 5.07. The zero-order valence-corrected chi connectivity index (χ0v) is 7.14. The standard InChI is InChI=1S/C5H12N2O3S/c1-2-4(5(6)8)7-3-11(9)10/h4,7,11H,2-3H2,1H3,(H2,6,8). The van der Waals surface area contributed by atoms with Crippen LogP contribution in [0.3, 0.4) is 0 Å². The molecule has 0 bridgehead atoms. The summed E-state index contributed by atoms with van der Waals surface area (Å²) < 4.78 is 20.1. The predicted octanol–water partition coefficient (Wildman–Crippen LogP) is -1.59. The van der Waals surface area contributed by atoms with Crippen molar-refractivity contribution in [3.63, 3.8) is 0 Å². The Kier molecular flexibility index (Phi) is 4.80. The van der Waals surface area contributed by atoms with E-state index in [1.807, 2.05) is 0 Å². The maximum atomic E-state index is 10.5. The molecule has 0 aliphatic rings. The first-order valence-corrected chi connectivity index (χ1v) is 4.58.